The zero-order chi connectivity index (χ0) is 20.6. The molecule has 0 saturated carbocycles. The van der Waals surface area contributed by atoms with Crippen LogP contribution in [0.3, 0.4) is 0 Å². The third kappa shape index (κ3) is 4.05. The summed E-state index contributed by atoms with van der Waals surface area (Å²) in [6, 6.07) is 0. The van der Waals surface area contributed by atoms with Gasteiger partial charge in [0.1, 0.15) is 10.6 Å². The Balaban J connectivity index is 1.71. The smallest absolute Gasteiger partial charge is 0.347 e. The Morgan fingerprint density at radius 1 is 1.36 bits per heavy atom. The molecule has 0 spiro atoms. The number of Topliss-reactive ketones (excluding diaryl/α,β-unsaturated/α-hetero) is 1. The molecular formula is C18H21Cl2N3O4S. The number of carbonyl (C=O) groups is 2. The summed E-state index contributed by atoms with van der Waals surface area (Å²) in [5.41, 5.74) is 1.51. The highest BCUT2D eigenvalue weighted by molar-refractivity contribution is 7.17. The number of hydrogen-bond donors (Lipinski definition) is 2. The Hall–Kier alpha value is -1.61. The lowest BCUT2D eigenvalue weighted by Gasteiger charge is -2.37. The molecule has 0 amide bonds. The van der Waals surface area contributed by atoms with E-state index in [0.717, 1.165) is 17.8 Å². The molecule has 0 unspecified atom stereocenters. The van der Waals surface area contributed by atoms with Gasteiger partial charge in [0.2, 0.25) is 0 Å². The Morgan fingerprint density at radius 2 is 2.07 bits per heavy atom. The number of aromatic amines is 1. The number of methoxy groups -OCH3 is 1. The standard InChI is InChI=1S/C18H21Cl2N3O4S/c1-8-13(19)14(20)15(21-8)11(24)6-10-4-5-23(7-12(10)27-3)18-22-9(2)16(28-18)17(25)26/h10,12,21H,4-7H2,1-3H3,(H,25,26)/t10-,12-/m0/s1. The first-order chi connectivity index (χ1) is 13.2. The molecule has 2 aromatic heterocycles. The number of ether oxygens (including phenoxy) is 1. The first kappa shape index (κ1) is 21.1. The first-order valence-electron chi connectivity index (χ1n) is 8.78. The number of piperidine rings is 1. The average Bonchev–Trinajstić information content (AvgIpc) is 3.17. The van der Waals surface area contributed by atoms with Crippen molar-refractivity contribution < 1.29 is 19.4 Å². The number of rotatable bonds is 6. The molecule has 1 saturated heterocycles. The van der Waals surface area contributed by atoms with Gasteiger partial charge in [-0.15, -0.1) is 0 Å². The minimum atomic E-state index is -0.971. The maximum absolute atomic E-state index is 12.7. The summed E-state index contributed by atoms with van der Waals surface area (Å²) in [4.78, 5) is 33.6. The van der Waals surface area contributed by atoms with Crippen LogP contribution in [-0.2, 0) is 4.74 Å². The number of carboxylic acid groups (broad SMARTS) is 1. The normalized spacial score (nSPS) is 19.8. The molecule has 3 heterocycles. The molecule has 2 N–H and O–H groups in total. The molecule has 152 valence electrons. The molecule has 28 heavy (non-hydrogen) atoms. The summed E-state index contributed by atoms with van der Waals surface area (Å²) in [5.74, 6) is -1.05. The zero-order valence-corrected chi connectivity index (χ0v) is 18.0. The summed E-state index contributed by atoms with van der Waals surface area (Å²) in [7, 11) is 1.62. The van der Waals surface area contributed by atoms with Gasteiger partial charge in [0.05, 0.1) is 21.8 Å². The van der Waals surface area contributed by atoms with E-state index in [1.807, 2.05) is 4.90 Å². The molecule has 0 aromatic carbocycles. The Kier molecular flexibility index (Phi) is 6.34. The van der Waals surface area contributed by atoms with E-state index < -0.39 is 5.97 Å². The van der Waals surface area contributed by atoms with Crippen molar-refractivity contribution in [3.05, 3.63) is 32.0 Å². The molecule has 2 aromatic rings. The highest BCUT2D eigenvalue weighted by atomic mass is 35.5. The van der Waals surface area contributed by atoms with Gasteiger partial charge in [-0.3, -0.25) is 4.79 Å². The van der Waals surface area contributed by atoms with Gasteiger partial charge in [-0.05, 0) is 26.2 Å². The topological polar surface area (TPSA) is 95.5 Å². The number of H-pyrrole nitrogens is 1. The first-order valence-corrected chi connectivity index (χ1v) is 10.3. The third-order valence-corrected chi connectivity index (χ3v) is 7.18. The van der Waals surface area contributed by atoms with Crippen molar-refractivity contribution in [3.63, 3.8) is 0 Å². The number of carbonyl (C=O) groups excluding carboxylic acids is 1. The van der Waals surface area contributed by atoms with Crippen LogP contribution >= 0.6 is 34.5 Å². The summed E-state index contributed by atoms with van der Waals surface area (Å²) < 4.78 is 5.63. The second-order valence-electron chi connectivity index (χ2n) is 6.87. The van der Waals surface area contributed by atoms with Gasteiger partial charge in [-0.1, -0.05) is 34.5 Å². The number of ketones is 1. The van der Waals surface area contributed by atoms with Crippen LogP contribution in [0, 0.1) is 19.8 Å². The highest BCUT2D eigenvalue weighted by Crippen LogP contribution is 2.34. The summed E-state index contributed by atoms with van der Waals surface area (Å²) in [5, 5.41) is 10.5. The van der Waals surface area contributed by atoms with Crippen molar-refractivity contribution in [3.8, 4) is 0 Å². The van der Waals surface area contributed by atoms with Crippen molar-refractivity contribution >= 4 is 51.4 Å². The number of nitrogens with one attached hydrogen (secondary N) is 1. The second kappa shape index (κ2) is 8.41. The molecule has 7 nitrogen and oxygen atoms in total. The summed E-state index contributed by atoms with van der Waals surface area (Å²) >= 11 is 13.4. The lowest BCUT2D eigenvalue weighted by molar-refractivity contribution is 0.0375. The number of anilines is 1. The number of carboxylic acids is 1. The van der Waals surface area contributed by atoms with Crippen LogP contribution in [-0.4, -0.2) is 53.1 Å². The van der Waals surface area contributed by atoms with Crippen LogP contribution < -0.4 is 4.90 Å². The fraction of sp³-hybridized carbons (Fsp3) is 0.500. The maximum Gasteiger partial charge on any atom is 0.347 e. The van der Waals surface area contributed by atoms with E-state index in [0.29, 0.717) is 46.7 Å². The van der Waals surface area contributed by atoms with E-state index in [4.69, 9.17) is 27.9 Å². The predicted octanol–water partition coefficient (Wildman–Crippen LogP) is 4.21. The minimum absolute atomic E-state index is 0.0206. The lowest BCUT2D eigenvalue weighted by Crippen LogP contribution is -2.45. The quantitative estimate of drug-likeness (QED) is 0.646. The van der Waals surface area contributed by atoms with E-state index in [9.17, 15) is 14.7 Å². The molecule has 0 bridgehead atoms. The Labute approximate surface area is 176 Å². The molecular weight excluding hydrogens is 425 g/mol. The number of hydrogen-bond acceptors (Lipinski definition) is 6. The Bertz CT molecular complexity index is 911. The largest absolute Gasteiger partial charge is 0.477 e. The molecule has 1 aliphatic heterocycles. The molecule has 1 fully saturated rings. The minimum Gasteiger partial charge on any atom is -0.477 e. The lowest BCUT2D eigenvalue weighted by atomic mass is 9.88. The third-order valence-electron chi connectivity index (χ3n) is 5.03. The van der Waals surface area contributed by atoms with Crippen molar-refractivity contribution in [1.29, 1.82) is 0 Å². The van der Waals surface area contributed by atoms with Gasteiger partial charge in [-0.2, -0.15) is 0 Å². The predicted molar refractivity (Wildman–Crippen MR) is 109 cm³/mol. The van der Waals surface area contributed by atoms with Crippen LogP contribution in [0.5, 0.6) is 0 Å². The maximum atomic E-state index is 12.7. The number of thiazole rings is 1. The second-order valence-corrected chi connectivity index (χ2v) is 8.60. The number of halogens is 2. The molecule has 0 aliphatic carbocycles. The van der Waals surface area contributed by atoms with Crippen molar-refractivity contribution in [2.75, 3.05) is 25.1 Å². The van der Waals surface area contributed by atoms with Gasteiger partial charge >= 0.3 is 5.97 Å². The van der Waals surface area contributed by atoms with E-state index in [1.54, 1.807) is 21.0 Å². The van der Waals surface area contributed by atoms with Gasteiger partial charge in [0.25, 0.3) is 0 Å². The summed E-state index contributed by atoms with van der Waals surface area (Å²) in [6.45, 7) is 4.67. The van der Waals surface area contributed by atoms with Crippen LogP contribution in [0.4, 0.5) is 5.13 Å². The molecule has 0 radical (unpaired) electrons. The Morgan fingerprint density at radius 3 is 2.61 bits per heavy atom. The summed E-state index contributed by atoms with van der Waals surface area (Å²) in [6.07, 6.45) is 0.830. The van der Waals surface area contributed by atoms with Crippen LogP contribution in [0.15, 0.2) is 0 Å². The number of aromatic nitrogens is 2. The van der Waals surface area contributed by atoms with E-state index >= 15 is 0 Å². The number of aromatic carboxylic acids is 1. The highest BCUT2D eigenvalue weighted by Gasteiger charge is 2.33. The SMILES string of the molecule is CO[C@H]1CN(c2nc(C)c(C(=O)O)s2)CC[C@H]1CC(=O)c1[nH]c(C)c(Cl)c1Cl. The van der Waals surface area contributed by atoms with E-state index in [-0.39, 0.29) is 27.7 Å². The fourth-order valence-electron chi connectivity index (χ4n) is 3.46. The fourth-order valence-corrected chi connectivity index (χ4v) is 4.84. The monoisotopic (exact) mass is 445 g/mol. The van der Waals surface area contributed by atoms with Gasteiger partial charge in [-0.25, -0.2) is 9.78 Å². The van der Waals surface area contributed by atoms with Gasteiger partial charge in [0.15, 0.2) is 10.9 Å². The van der Waals surface area contributed by atoms with E-state index in [2.05, 4.69) is 9.97 Å². The molecule has 2 atom stereocenters. The van der Waals surface area contributed by atoms with Crippen molar-refractivity contribution in [2.45, 2.75) is 32.8 Å². The van der Waals surface area contributed by atoms with Gasteiger partial charge < -0.3 is 19.7 Å². The van der Waals surface area contributed by atoms with E-state index in [1.165, 1.54) is 0 Å². The zero-order valence-electron chi connectivity index (χ0n) is 15.7. The van der Waals surface area contributed by atoms with Crippen molar-refractivity contribution in [1.82, 2.24) is 9.97 Å². The molecule has 10 heteroatoms. The van der Waals surface area contributed by atoms with Crippen LogP contribution in [0.2, 0.25) is 10.0 Å². The number of aryl methyl sites for hydroxylation is 2. The van der Waals surface area contributed by atoms with Crippen LogP contribution in [0.1, 0.15) is 44.4 Å². The van der Waals surface area contributed by atoms with Gasteiger partial charge in [0, 0.05) is 32.3 Å². The van der Waals surface area contributed by atoms with Crippen molar-refractivity contribution in [2.24, 2.45) is 5.92 Å². The van der Waals surface area contributed by atoms with Crippen LogP contribution in [0.25, 0.3) is 0 Å². The number of nitrogens with zero attached hydrogens (tertiary/aromatic N) is 2. The molecule has 3 rings (SSSR count). The molecule has 1 aliphatic rings. The average molecular weight is 446 g/mol.